The highest BCUT2D eigenvalue weighted by Gasteiger charge is 2.16. The van der Waals surface area contributed by atoms with E-state index in [1.807, 2.05) is 41.1 Å². The van der Waals surface area contributed by atoms with Gasteiger partial charge in [0.1, 0.15) is 23.9 Å². The van der Waals surface area contributed by atoms with Crippen molar-refractivity contribution in [1.29, 1.82) is 0 Å². The molecule has 0 aliphatic carbocycles. The van der Waals surface area contributed by atoms with Crippen molar-refractivity contribution in [3.63, 3.8) is 0 Å². The van der Waals surface area contributed by atoms with Gasteiger partial charge in [0.05, 0.1) is 6.54 Å². The van der Waals surface area contributed by atoms with Crippen LogP contribution in [0.2, 0.25) is 0 Å². The van der Waals surface area contributed by atoms with E-state index in [2.05, 4.69) is 10.1 Å². The second kappa shape index (κ2) is 5.07. The number of imidazole rings is 1. The Balaban J connectivity index is 1.88. The lowest BCUT2D eigenvalue weighted by molar-refractivity contribution is 0.205. The lowest BCUT2D eigenvalue weighted by Gasteiger charge is -2.12. The highest BCUT2D eigenvalue weighted by Crippen LogP contribution is 2.20. The fourth-order valence-electron chi connectivity index (χ4n) is 1.98. The molecule has 96 valence electrons. The van der Waals surface area contributed by atoms with E-state index in [1.165, 1.54) is 6.26 Å². The van der Waals surface area contributed by atoms with Crippen LogP contribution in [-0.2, 0) is 6.54 Å². The van der Waals surface area contributed by atoms with Crippen molar-refractivity contribution in [2.45, 2.75) is 12.6 Å². The van der Waals surface area contributed by atoms with E-state index in [1.54, 1.807) is 12.3 Å². The zero-order valence-electron chi connectivity index (χ0n) is 10.2. The smallest absolute Gasteiger partial charge is 0.142 e. The van der Waals surface area contributed by atoms with Crippen molar-refractivity contribution >= 4 is 0 Å². The van der Waals surface area contributed by atoms with Gasteiger partial charge < -0.3 is 14.2 Å². The minimum atomic E-state index is -0.747. The molecular weight excluding hydrogens is 242 g/mol. The summed E-state index contributed by atoms with van der Waals surface area (Å²) in [5.74, 6) is 0.592. The zero-order valence-corrected chi connectivity index (χ0v) is 10.2. The summed E-state index contributed by atoms with van der Waals surface area (Å²) in [7, 11) is 0. The van der Waals surface area contributed by atoms with Gasteiger partial charge in [0, 0.05) is 18.5 Å². The number of aromatic nitrogens is 3. The molecule has 3 rings (SSSR count). The van der Waals surface area contributed by atoms with Crippen molar-refractivity contribution in [3.05, 3.63) is 72.1 Å². The molecule has 1 unspecified atom stereocenters. The average molecular weight is 255 g/mol. The molecule has 0 aliphatic heterocycles. The van der Waals surface area contributed by atoms with E-state index in [0.29, 0.717) is 12.4 Å². The predicted molar refractivity (Wildman–Crippen MR) is 68.3 cm³/mol. The summed E-state index contributed by atoms with van der Waals surface area (Å²) in [5.41, 5.74) is 1.61. The Kier molecular flexibility index (Phi) is 3.12. The van der Waals surface area contributed by atoms with Gasteiger partial charge in [0.15, 0.2) is 0 Å². The summed E-state index contributed by atoms with van der Waals surface area (Å²) < 4.78 is 6.66. The first-order valence-electron chi connectivity index (χ1n) is 5.98. The first kappa shape index (κ1) is 11.7. The lowest BCUT2D eigenvalue weighted by atomic mass is 10.1. The number of hydrogen-bond acceptors (Lipinski definition) is 4. The number of aliphatic hydroxyl groups excluding tert-OH is 1. The predicted octanol–water partition coefficient (Wildman–Crippen LogP) is 2.00. The van der Waals surface area contributed by atoms with Crippen molar-refractivity contribution in [1.82, 2.24) is 14.7 Å². The highest BCUT2D eigenvalue weighted by molar-refractivity contribution is 5.23. The third kappa shape index (κ3) is 2.41. The largest absolute Gasteiger partial charge is 0.380 e. The van der Waals surface area contributed by atoms with Crippen molar-refractivity contribution in [3.8, 4) is 0 Å². The normalized spacial score (nSPS) is 12.5. The third-order valence-electron chi connectivity index (χ3n) is 2.93. The van der Waals surface area contributed by atoms with Gasteiger partial charge in [0.25, 0.3) is 0 Å². The van der Waals surface area contributed by atoms with E-state index in [4.69, 9.17) is 4.52 Å². The van der Waals surface area contributed by atoms with Crippen LogP contribution < -0.4 is 0 Å². The van der Waals surface area contributed by atoms with Crippen LogP contribution in [0.25, 0.3) is 0 Å². The molecular formula is C14H13N3O2. The maximum absolute atomic E-state index is 10.4. The summed E-state index contributed by atoms with van der Waals surface area (Å²) >= 11 is 0. The van der Waals surface area contributed by atoms with Crippen LogP contribution in [0, 0.1) is 0 Å². The van der Waals surface area contributed by atoms with Crippen molar-refractivity contribution in [2.75, 3.05) is 0 Å². The molecule has 0 aliphatic rings. The Labute approximate surface area is 110 Å². The molecule has 1 N–H and O–H groups in total. The molecule has 3 aromatic rings. The Morgan fingerprint density at radius 3 is 2.79 bits per heavy atom. The molecule has 0 fully saturated rings. The fraction of sp³-hybridized carbons (Fsp3) is 0.143. The van der Waals surface area contributed by atoms with E-state index in [0.717, 1.165) is 11.3 Å². The van der Waals surface area contributed by atoms with E-state index in [-0.39, 0.29) is 0 Å². The highest BCUT2D eigenvalue weighted by atomic mass is 16.5. The number of benzene rings is 1. The lowest BCUT2D eigenvalue weighted by Crippen LogP contribution is -2.10. The van der Waals surface area contributed by atoms with Gasteiger partial charge >= 0.3 is 0 Å². The minimum Gasteiger partial charge on any atom is -0.380 e. The van der Waals surface area contributed by atoms with Crippen molar-refractivity contribution in [2.24, 2.45) is 0 Å². The quantitative estimate of drug-likeness (QED) is 0.774. The van der Waals surface area contributed by atoms with Crippen LogP contribution in [0.3, 0.4) is 0 Å². The van der Waals surface area contributed by atoms with Crippen LogP contribution in [0.5, 0.6) is 0 Å². The number of rotatable bonds is 4. The summed E-state index contributed by atoms with van der Waals surface area (Å²) in [6.45, 7) is 0.524. The first-order valence-corrected chi connectivity index (χ1v) is 5.98. The van der Waals surface area contributed by atoms with E-state index in [9.17, 15) is 5.11 Å². The van der Waals surface area contributed by atoms with Gasteiger partial charge in [-0.25, -0.2) is 4.98 Å². The molecule has 0 radical (unpaired) electrons. The maximum Gasteiger partial charge on any atom is 0.142 e. The standard InChI is InChI=1S/C14H13N3O2/c18-13(11-4-2-1-3-5-11)14-15-7-8-17(14)10-12-6-9-19-16-12/h1-9,13,18H,10H2. The molecule has 5 heteroatoms. The number of aliphatic hydroxyl groups is 1. The van der Waals surface area contributed by atoms with E-state index >= 15 is 0 Å². The summed E-state index contributed by atoms with van der Waals surface area (Å²) in [5, 5.41) is 14.2. The van der Waals surface area contributed by atoms with Gasteiger partial charge in [-0.15, -0.1) is 0 Å². The van der Waals surface area contributed by atoms with Gasteiger partial charge in [-0.2, -0.15) is 0 Å². The van der Waals surface area contributed by atoms with Crippen LogP contribution in [-0.4, -0.2) is 19.8 Å². The molecule has 19 heavy (non-hydrogen) atoms. The number of nitrogens with zero attached hydrogens (tertiary/aromatic N) is 3. The van der Waals surface area contributed by atoms with Crippen LogP contribution in [0.15, 0.2) is 59.6 Å². The van der Waals surface area contributed by atoms with Gasteiger partial charge in [0.2, 0.25) is 0 Å². The summed E-state index contributed by atoms with van der Waals surface area (Å²) in [6, 6.07) is 11.2. The molecule has 1 atom stereocenters. The maximum atomic E-state index is 10.4. The van der Waals surface area contributed by atoms with Gasteiger partial charge in [-0.1, -0.05) is 35.5 Å². The average Bonchev–Trinajstić information content (AvgIpc) is 3.11. The second-order valence-electron chi connectivity index (χ2n) is 4.22. The molecule has 1 aromatic carbocycles. The van der Waals surface area contributed by atoms with Gasteiger partial charge in [-0.3, -0.25) is 0 Å². The van der Waals surface area contributed by atoms with E-state index < -0.39 is 6.10 Å². The van der Waals surface area contributed by atoms with Crippen molar-refractivity contribution < 1.29 is 9.63 Å². The third-order valence-corrected chi connectivity index (χ3v) is 2.93. The summed E-state index contributed by atoms with van der Waals surface area (Å²) in [4.78, 5) is 4.23. The summed E-state index contributed by atoms with van der Waals surface area (Å²) in [6.07, 6.45) is 4.26. The van der Waals surface area contributed by atoms with Gasteiger partial charge in [-0.05, 0) is 5.56 Å². The van der Waals surface area contributed by atoms with Crippen LogP contribution in [0.4, 0.5) is 0 Å². The molecule has 0 saturated carbocycles. The molecule has 0 spiro atoms. The Hall–Kier alpha value is -2.40. The molecule has 0 amide bonds. The number of hydrogen-bond donors (Lipinski definition) is 1. The molecule has 0 saturated heterocycles. The molecule has 2 heterocycles. The van der Waals surface area contributed by atoms with Crippen LogP contribution in [0.1, 0.15) is 23.2 Å². The second-order valence-corrected chi connectivity index (χ2v) is 4.22. The molecule has 5 nitrogen and oxygen atoms in total. The Bertz CT molecular complexity index is 632. The molecule has 2 aromatic heterocycles. The van der Waals surface area contributed by atoms with Crippen LogP contribution >= 0.6 is 0 Å². The first-order chi connectivity index (χ1) is 9.34. The Morgan fingerprint density at radius 2 is 2.05 bits per heavy atom. The zero-order chi connectivity index (χ0) is 13.1. The monoisotopic (exact) mass is 255 g/mol. The Morgan fingerprint density at radius 1 is 1.21 bits per heavy atom. The minimum absolute atomic E-state index is 0.524. The SMILES string of the molecule is OC(c1ccccc1)c1nccn1Cc1ccon1. The fourth-order valence-corrected chi connectivity index (χ4v) is 1.98. The molecule has 0 bridgehead atoms. The topological polar surface area (TPSA) is 64.1 Å².